The molecule has 4 rings (SSSR count). The van der Waals surface area contributed by atoms with Gasteiger partial charge in [-0.15, -0.1) is 0 Å². The maximum absolute atomic E-state index is 12.5. The van der Waals surface area contributed by atoms with Crippen molar-refractivity contribution in [2.24, 2.45) is 0 Å². The predicted octanol–water partition coefficient (Wildman–Crippen LogP) is 5.62. The lowest BCUT2D eigenvalue weighted by Crippen LogP contribution is -2.36. The summed E-state index contributed by atoms with van der Waals surface area (Å²) in [7, 11) is 0. The third kappa shape index (κ3) is 6.97. The average Bonchev–Trinajstić information content (AvgIpc) is 3.32. The summed E-state index contributed by atoms with van der Waals surface area (Å²) in [6, 6.07) is 21.2. The number of anilines is 2. The molecule has 0 radical (unpaired) electrons. The highest BCUT2D eigenvalue weighted by Gasteiger charge is 2.32. The molecule has 1 saturated heterocycles. The first-order valence-electron chi connectivity index (χ1n) is 12.4. The Morgan fingerprint density at radius 1 is 1.08 bits per heavy atom. The van der Waals surface area contributed by atoms with Gasteiger partial charge in [0, 0.05) is 38.4 Å². The third-order valence-corrected chi connectivity index (χ3v) is 6.02. The molecule has 1 aliphatic rings. The van der Waals surface area contributed by atoms with Crippen molar-refractivity contribution in [3.8, 4) is 0 Å². The highest BCUT2D eigenvalue weighted by molar-refractivity contribution is 5.74. The Labute approximate surface area is 217 Å². The number of carbonyl (C=O) groups excluding carboxylic acids is 1. The van der Waals surface area contributed by atoms with Gasteiger partial charge in [-0.2, -0.15) is 0 Å². The van der Waals surface area contributed by atoms with E-state index in [2.05, 4.69) is 10.3 Å². The van der Waals surface area contributed by atoms with E-state index >= 15 is 0 Å². The molecule has 1 aromatic heterocycles. The molecule has 2 aromatic carbocycles. The molecule has 37 heavy (non-hydrogen) atoms. The summed E-state index contributed by atoms with van der Waals surface area (Å²) in [6.45, 7) is 7.33. The van der Waals surface area contributed by atoms with E-state index in [1.165, 1.54) is 0 Å². The Morgan fingerprint density at radius 2 is 1.68 bits per heavy atom. The van der Waals surface area contributed by atoms with Gasteiger partial charge in [0.2, 0.25) is 5.82 Å². The largest absolute Gasteiger partial charge is 0.444 e. The monoisotopic (exact) mass is 503 g/mol. The number of hydrogen-bond acceptors (Lipinski definition) is 7. The summed E-state index contributed by atoms with van der Waals surface area (Å²) in [5, 5.41) is 15.7. The van der Waals surface area contributed by atoms with Crippen molar-refractivity contribution < 1.29 is 14.5 Å². The minimum absolute atomic E-state index is 0.0786. The second-order valence-corrected chi connectivity index (χ2v) is 10.2. The molecule has 3 aromatic rings. The maximum atomic E-state index is 12.5. The molecule has 9 nitrogen and oxygen atoms in total. The SMILES string of the molecule is CC(C)(C)OC(=O)N1CCC(Nc2ccnc(N(Cc3ccccc3)Cc3ccccc3)c2[N+](=O)[O-])C1. The van der Waals surface area contributed by atoms with Crippen LogP contribution in [0.25, 0.3) is 0 Å². The van der Waals surface area contributed by atoms with Crippen molar-refractivity contribution in [3.05, 3.63) is 94.2 Å². The van der Waals surface area contributed by atoms with Crippen molar-refractivity contribution in [1.29, 1.82) is 0 Å². The van der Waals surface area contributed by atoms with Crippen LogP contribution in [-0.4, -0.2) is 45.6 Å². The van der Waals surface area contributed by atoms with Crippen molar-refractivity contribution in [2.45, 2.75) is 51.9 Å². The zero-order valence-corrected chi connectivity index (χ0v) is 21.5. The number of nitrogens with one attached hydrogen (secondary N) is 1. The van der Waals surface area contributed by atoms with Gasteiger partial charge in [-0.1, -0.05) is 60.7 Å². The number of likely N-dealkylation sites (tertiary alicyclic amines) is 1. The number of rotatable bonds is 8. The van der Waals surface area contributed by atoms with Crippen LogP contribution in [0.15, 0.2) is 72.9 Å². The third-order valence-electron chi connectivity index (χ3n) is 6.02. The predicted molar refractivity (Wildman–Crippen MR) is 143 cm³/mol. The zero-order chi connectivity index (χ0) is 26.4. The van der Waals surface area contributed by atoms with Gasteiger partial charge >= 0.3 is 11.8 Å². The van der Waals surface area contributed by atoms with Gasteiger partial charge in [-0.3, -0.25) is 10.1 Å². The summed E-state index contributed by atoms with van der Waals surface area (Å²) in [5.41, 5.74) is 1.78. The first-order valence-corrected chi connectivity index (χ1v) is 12.4. The fourth-order valence-electron chi connectivity index (χ4n) is 4.37. The van der Waals surface area contributed by atoms with E-state index in [4.69, 9.17) is 4.74 Å². The molecular weight excluding hydrogens is 470 g/mol. The Hall–Kier alpha value is -4.14. The van der Waals surface area contributed by atoms with Crippen molar-refractivity contribution in [3.63, 3.8) is 0 Å². The topological polar surface area (TPSA) is 101 Å². The van der Waals surface area contributed by atoms with Crippen LogP contribution >= 0.6 is 0 Å². The number of carbonyl (C=O) groups is 1. The smallest absolute Gasteiger partial charge is 0.410 e. The van der Waals surface area contributed by atoms with Crippen molar-refractivity contribution in [1.82, 2.24) is 9.88 Å². The summed E-state index contributed by atoms with van der Waals surface area (Å²) >= 11 is 0. The van der Waals surface area contributed by atoms with Gasteiger partial charge in [-0.25, -0.2) is 9.78 Å². The van der Waals surface area contributed by atoms with Crippen LogP contribution in [0.4, 0.5) is 22.0 Å². The minimum Gasteiger partial charge on any atom is -0.444 e. The lowest BCUT2D eigenvalue weighted by molar-refractivity contribution is -0.383. The van der Waals surface area contributed by atoms with E-state index in [1.807, 2.05) is 86.3 Å². The quantitative estimate of drug-likeness (QED) is 0.315. The summed E-state index contributed by atoms with van der Waals surface area (Å²) < 4.78 is 5.48. The second kappa shape index (κ2) is 11.3. The molecule has 1 N–H and O–H groups in total. The number of nitro groups is 1. The van der Waals surface area contributed by atoms with Gasteiger partial charge in [0.25, 0.3) is 0 Å². The molecule has 0 saturated carbocycles. The molecular formula is C28H33N5O4. The van der Waals surface area contributed by atoms with Crippen LogP contribution in [0.3, 0.4) is 0 Å². The molecule has 0 bridgehead atoms. The molecule has 2 heterocycles. The normalized spacial score (nSPS) is 15.3. The van der Waals surface area contributed by atoms with E-state index in [1.54, 1.807) is 17.2 Å². The van der Waals surface area contributed by atoms with E-state index in [9.17, 15) is 14.9 Å². The van der Waals surface area contributed by atoms with E-state index in [-0.39, 0.29) is 22.7 Å². The highest BCUT2D eigenvalue weighted by Crippen LogP contribution is 2.36. The molecule has 1 aliphatic heterocycles. The number of amides is 1. The number of aromatic nitrogens is 1. The summed E-state index contributed by atoms with van der Waals surface area (Å²) in [5.74, 6) is 0.296. The van der Waals surface area contributed by atoms with Gasteiger partial charge in [0.1, 0.15) is 11.3 Å². The van der Waals surface area contributed by atoms with Crippen LogP contribution in [0.1, 0.15) is 38.3 Å². The molecule has 1 atom stereocenters. The summed E-state index contributed by atoms with van der Waals surface area (Å²) in [4.78, 5) is 32.5. The molecule has 9 heteroatoms. The Bertz CT molecular complexity index is 1170. The maximum Gasteiger partial charge on any atom is 0.410 e. The number of benzene rings is 2. The van der Waals surface area contributed by atoms with Crippen LogP contribution in [0.2, 0.25) is 0 Å². The molecule has 1 amide bonds. The molecule has 0 spiro atoms. The van der Waals surface area contributed by atoms with Gasteiger partial charge in [0.05, 0.1) is 4.92 Å². The van der Waals surface area contributed by atoms with Crippen LogP contribution in [0.5, 0.6) is 0 Å². The number of hydrogen-bond donors (Lipinski definition) is 1. The second-order valence-electron chi connectivity index (χ2n) is 10.2. The Morgan fingerprint density at radius 3 is 2.22 bits per heavy atom. The van der Waals surface area contributed by atoms with E-state index in [0.717, 1.165) is 11.1 Å². The van der Waals surface area contributed by atoms with Gasteiger partial charge in [0.15, 0.2) is 0 Å². The molecule has 194 valence electrons. The number of nitrogens with zero attached hydrogens (tertiary/aromatic N) is 4. The average molecular weight is 504 g/mol. The molecule has 0 aliphatic carbocycles. The fourth-order valence-corrected chi connectivity index (χ4v) is 4.37. The highest BCUT2D eigenvalue weighted by atomic mass is 16.6. The first kappa shape index (κ1) is 25.9. The van der Waals surface area contributed by atoms with E-state index in [0.29, 0.717) is 44.1 Å². The van der Waals surface area contributed by atoms with Crippen LogP contribution in [-0.2, 0) is 17.8 Å². The lowest BCUT2D eigenvalue weighted by Gasteiger charge is -2.25. The Balaban J connectivity index is 1.60. The summed E-state index contributed by atoms with van der Waals surface area (Å²) in [6.07, 6.45) is 1.87. The molecule has 1 unspecified atom stereocenters. The van der Waals surface area contributed by atoms with Gasteiger partial charge < -0.3 is 19.9 Å². The molecule has 1 fully saturated rings. The van der Waals surface area contributed by atoms with Crippen molar-refractivity contribution in [2.75, 3.05) is 23.3 Å². The van der Waals surface area contributed by atoms with Crippen molar-refractivity contribution >= 4 is 23.3 Å². The standard InChI is InChI=1S/C28H33N5O4/c1-28(2,3)37-27(34)31-17-15-23(20-31)30-24-14-16-29-26(25(24)33(35)36)32(18-21-10-6-4-7-11-21)19-22-12-8-5-9-13-22/h4-14,16,23H,15,17-20H2,1-3H3,(H,29,30). The van der Waals surface area contributed by atoms with Crippen LogP contribution in [0, 0.1) is 10.1 Å². The minimum atomic E-state index is -0.581. The first-order chi connectivity index (χ1) is 17.7. The number of pyridine rings is 1. The number of ether oxygens (including phenoxy) is 1. The van der Waals surface area contributed by atoms with Crippen LogP contribution < -0.4 is 10.2 Å². The zero-order valence-electron chi connectivity index (χ0n) is 21.5. The lowest BCUT2D eigenvalue weighted by atomic mass is 10.1. The van der Waals surface area contributed by atoms with E-state index < -0.39 is 5.60 Å². The Kier molecular flexibility index (Phi) is 7.91. The fraction of sp³-hybridized carbons (Fsp3) is 0.357. The van der Waals surface area contributed by atoms with Gasteiger partial charge in [-0.05, 0) is 44.4 Å².